The fraction of sp³-hybridized carbons (Fsp3) is 0.400. The minimum absolute atomic E-state index is 0.0731. The summed E-state index contributed by atoms with van der Waals surface area (Å²) < 4.78 is 0. The van der Waals surface area contributed by atoms with E-state index in [1.54, 1.807) is 19.3 Å². The fourth-order valence-corrected chi connectivity index (χ4v) is 1.06. The molecular formula is C10H13ClN2O. The van der Waals surface area contributed by atoms with Crippen molar-refractivity contribution in [2.24, 2.45) is 5.92 Å². The van der Waals surface area contributed by atoms with Crippen LogP contribution in [-0.2, 0) is 4.79 Å². The third-order valence-electron chi connectivity index (χ3n) is 1.98. The van der Waals surface area contributed by atoms with E-state index in [4.69, 9.17) is 11.6 Å². The van der Waals surface area contributed by atoms with E-state index >= 15 is 0 Å². The van der Waals surface area contributed by atoms with Gasteiger partial charge in [0.15, 0.2) is 0 Å². The van der Waals surface area contributed by atoms with Gasteiger partial charge in [0.25, 0.3) is 0 Å². The molecule has 1 N–H and O–H groups in total. The van der Waals surface area contributed by atoms with Gasteiger partial charge in [-0.2, -0.15) is 0 Å². The van der Waals surface area contributed by atoms with Gasteiger partial charge in [0, 0.05) is 18.0 Å². The first-order chi connectivity index (χ1) is 6.65. The van der Waals surface area contributed by atoms with Crippen LogP contribution >= 0.6 is 11.6 Å². The molecule has 0 aliphatic rings. The quantitative estimate of drug-likeness (QED) is 0.781. The number of nitrogens with one attached hydrogen (secondary N) is 1. The zero-order valence-electron chi connectivity index (χ0n) is 8.25. The molecule has 4 heteroatoms. The molecule has 1 atom stereocenters. The lowest BCUT2D eigenvalue weighted by molar-refractivity contribution is -0.118. The van der Waals surface area contributed by atoms with Crippen LogP contribution in [0.3, 0.4) is 0 Å². The van der Waals surface area contributed by atoms with Crippen LogP contribution in [0.15, 0.2) is 18.5 Å². The second-order valence-electron chi connectivity index (χ2n) is 3.24. The monoisotopic (exact) mass is 212 g/mol. The first kappa shape index (κ1) is 11.0. The molecule has 3 nitrogen and oxygen atoms in total. The van der Waals surface area contributed by atoms with Crippen molar-refractivity contribution in [3.05, 3.63) is 24.0 Å². The lowest BCUT2D eigenvalue weighted by Crippen LogP contribution is -2.21. The molecule has 1 rings (SSSR count). The van der Waals surface area contributed by atoms with E-state index < -0.39 is 0 Å². The fourth-order valence-electron chi connectivity index (χ4n) is 0.921. The first-order valence-electron chi connectivity index (χ1n) is 4.42. The lowest BCUT2D eigenvalue weighted by Gasteiger charge is -2.10. The van der Waals surface area contributed by atoms with E-state index in [-0.39, 0.29) is 11.8 Å². The van der Waals surface area contributed by atoms with Gasteiger partial charge in [-0.1, -0.05) is 6.92 Å². The Morgan fingerprint density at radius 3 is 3.00 bits per heavy atom. The number of halogens is 1. The van der Waals surface area contributed by atoms with Crippen molar-refractivity contribution in [3.63, 3.8) is 0 Å². The summed E-state index contributed by atoms with van der Waals surface area (Å²) in [6.45, 7) is 3.71. The van der Waals surface area contributed by atoms with Crippen LogP contribution in [-0.4, -0.2) is 16.8 Å². The van der Waals surface area contributed by atoms with Crippen LogP contribution in [0.4, 0.5) is 5.69 Å². The number of amides is 1. The van der Waals surface area contributed by atoms with E-state index in [2.05, 4.69) is 10.3 Å². The smallest absolute Gasteiger partial charge is 0.228 e. The second kappa shape index (κ2) is 4.96. The summed E-state index contributed by atoms with van der Waals surface area (Å²) in [4.78, 5) is 15.4. The summed E-state index contributed by atoms with van der Waals surface area (Å²) in [6.07, 6.45) is 3.32. The van der Waals surface area contributed by atoms with Crippen LogP contribution in [0.1, 0.15) is 12.5 Å². The molecule has 0 saturated carbocycles. The van der Waals surface area contributed by atoms with Gasteiger partial charge in [0.2, 0.25) is 5.91 Å². The normalized spacial score (nSPS) is 12.2. The van der Waals surface area contributed by atoms with Gasteiger partial charge < -0.3 is 5.32 Å². The van der Waals surface area contributed by atoms with Crippen molar-refractivity contribution in [2.45, 2.75) is 13.8 Å². The number of nitrogens with zero attached hydrogens (tertiary/aromatic N) is 1. The number of hydrogen-bond donors (Lipinski definition) is 1. The maximum absolute atomic E-state index is 11.5. The number of carbonyl (C=O) groups excluding carboxylic acids is 1. The predicted octanol–water partition coefficient (Wildman–Crippen LogP) is 2.20. The molecule has 1 unspecified atom stereocenters. The highest BCUT2D eigenvalue weighted by Crippen LogP contribution is 2.12. The highest BCUT2D eigenvalue weighted by atomic mass is 35.5. The molecule has 0 saturated heterocycles. The van der Waals surface area contributed by atoms with E-state index in [0.29, 0.717) is 5.88 Å². The standard InChI is InChI=1S/C10H13ClN2O/c1-7-3-4-12-6-9(7)13-10(14)8(2)5-11/h3-4,6,8H,5H2,1-2H3,(H,13,14). The summed E-state index contributed by atoms with van der Waals surface area (Å²) in [7, 11) is 0. The van der Waals surface area contributed by atoms with Gasteiger partial charge >= 0.3 is 0 Å². The van der Waals surface area contributed by atoms with Gasteiger partial charge in [0.05, 0.1) is 11.9 Å². The van der Waals surface area contributed by atoms with Gasteiger partial charge in [-0.25, -0.2) is 0 Å². The molecule has 0 bridgehead atoms. The van der Waals surface area contributed by atoms with Gasteiger partial charge in [0.1, 0.15) is 0 Å². The molecule has 1 heterocycles. The van der Waals surface area contributed by atoms with E-state index in [0.717, 1.165) is 11.3 Å². The van der Waals surface area contributed by atoms with E-state index in [1.807, 2.05) is 13.0 Å². The third kappa shape index (κ3) is 2.70. The van der Waals surface area contributed by atoms with Crippen LogP contribution in [0.5, 0.6) is 0 Å². The molecular weight excluding hydrogens is 200 g/mol. The van der Waals surface area contributed by atoms with Crippen LogP contribution in [0.25, 0.3) is 0 Å². The average molecular weight is 213 g/mol. The second-order valence-corrected chi connectivity index (χ2v) is 3.54. The van der Waals surface area contributed by atoms with Crippen molar-refractivity contribution in [1.29, 1.82) is 0 Å². The zero-order valence-corrected chi connectivity index (χ0v) is 9.01. The van der Waals surface area contributed by atoms with Crippen LogP contribution in [0, 0.1) is 12.8 Å². The summed E-state index contributed by atoms with van der Waals surface area (Å²) in [5, 5.41) is 2.78. The molecule has 0 spiro atoms. The molecule has 0 aromatic carbocycles. The summed E-state index contributed by atoms with van der Waals surface area (Å²) in [5.41, 5.74) is 1.74. The number of alkyl halides is 1. The van der Waals surface area contributed by atoms with Crippen molar-refractivity contribution in [3.8, 4) is 0 Å². The highest BCUT2D eigenvalue weighted by molar-refractivity contribution is 6.19. The Bertz CT molecular complexity index is 328. The Balaban J connectivity index is 2.70. The Hall–Kier alpha value is -1.09. The summed E-state index contributed by atoms with van der Waals surface area (Å²) >= 11 is 5.58. The molecule has 0 aliphatic heterocycles. The first-order valence-corrected chi connectivity index (χ1v) is 4.96. The summed E-state index contributed by atoms with van der Waals surface area (Å²) in [5.74, 6) is 0.0675. The van der Waals surface area contributed by atoms with Gasteiger partial charge in [-0.15, -0.1) is 11.6 Å². The van der Waals surface area contributed by atoms with E-state index in [9.17, 15) is 4.79 Å². The SMILES string of the molecule is Cc1ccncc1NC(=O)C(C)CCl. The number of anilines is 1. The van der Waals surface area contributed by atoms with Crippen molar-refractivity contribution >= 4 is 23.2 Å². The van der Waals surface area contributed by atoms with Crippen LogP contribution < -0.4 is 5.32 Å². The molecule has 76 valence electrons. The number of hydrogen-bond acceptors (Lipinski definition) is 2. The Kier molecular flexibility index (Phi) is 3.89. The molecule has 0 fully saturated rings. The van der Waals surface area contributed by atoms with E-state index in [1.165, 1.54) is 0 Å². The topological polar surface area (TPSA) is 42.0 Å². The zero-order chi connectivity index (χ0) is 10.6. The predicted molar refractivity (Wildman–Crippen MR) is 57.5 cm³/mol. The molecule has 0 radical (unpaired) electrons. The van der Waals surface area contributed by atoms with Crippen molar-refractivity contribution in [1.82, 2.24) is 4.98 Å². The molecule has 1 amide bonds. The highest BCUT2D eigenvalue weighted by Gasteiger charge is 2.12. The maximum Gasteiger partial charge on any atom is 0.228 e. The molecule has 1 aromatic heterocycles. The number of aromatic nitrogens is 1. The molecule has 14 heavy (non-hydrogen) atoms. The Labute approximate surface area is 88.5 Å². The molecule has 1 aromatic rings. The third-order valence-corrected chi connectivity index (χ3v) is 2.44. The minimum Gasteiger partial charge on any atom is -0.324 e. The lowest BCUT2D eigenvalue weighted by atomic mass is 10.2. The van der Waals surface area contributed by atoms with Crippen LogP contribution in [0.2, 0.25) is 0 Å². The Morgan fingerprint density at radius 1 is 1.71 bits per heavy atom. The van der Waals surface area contributed by atoms with Crippen molar-refractivity contribution < 1.29 is 4.79 Å². The largest absolute Gasteiger partial charge is 0.324 e. The number of rotatable bonds is 3. The van der Waals surface area contributed by atoms with Gasteiger partial charge in [-0.05, 0) is 18.6 Å². The maximum atomic E-state index is 11.5. The molecule has 0 aliphatic carbocycles. The average Bonchev–Trinajstić information content (AvgIpc) is 2.20. The minimum atomic E-state index is -0.184. The van der Waals surface area contributed by atoms with Crippen molar-refractivity contribution in [2.75, 3.05) is 11.2 Å². The Morgan fingerprint density at radius 2 is 2.43 bits per heavy atom. The number of pyridine rings is 1. The number of aryl methyl sites for hydroxylation is 1. The summed E-state index contributed by atoms with van der Waals surface area (Å²) in [6, 6.07) is 1.85. The van der Waals surface area contributed by atoms with Gasteiger partial charge in [-0.3, -0.25) is 9.78 Å². The number of carbonyl (C=O) groups is 1.